The Kier molecular flexibility index (Phi) is 2.78. The molecule has 1 aromatic carbocycles. The van der Waals surface area contributed by atoms with E-state index in [1.165, 1.54) is 0 Å². The molecule has 20 heavy (non-hydrogen) atoms. The summed E-state index contributed by atoms with van der Waals surface area (Å²) in [5.74, 6) is 4.41. The number of anilines is 1. The maximum absolute atomic E-state index is 6.03. The minimum Gasteiger partial charge on any atom is -0.454 e. The van der Waals surface area contributed by atoms with Gasteiger partial charge in [0.1, 0.15) is 5.82 Å². The van der Waals surface area contributed by atoms with Crippen LogP contribution in [-0.2, 0) is 11.5 Å². The van der Waals surface area contributed by atoms with Crippen molar-refractivity contribution >= 4 is 33.5 Å². The summed E-state index contributed by atoms with van der Waals surface area (Å²) in [5, 5.41) is 0. The van der Waals surface area contributed by atoms with Crippen LogP contribution < -0.4 is 15.2 Å². The highest BCUT2D eigenvalue weighted by Gasteiger charge is 2.22. The molecule has 2 N–H and O–H groups in total. The van der Waals surface area contributed by atoms with Crippen LogP contribution in [0.1, 0.15) is 11.3 Å². The quantitative estimate of drug-likeness (QED) is 0.851. The van der Waals surface area contributed by atoms with E-state index in [1.54, 1.807) is 0 Å². The second-order valence-electron chi connectivity index (χ2n) is 4.54. The number of ether oxygens (including phenoxy) is 2. The molecule has 0 amide bonds. The second kappa shape index (κ2) is 4.53. The number of hydrogen-bond donors (Lipinski definition) is 1. The smallest absolute Gasteiger partial charge is 0.231 e. The summed E-state index contributed by atoms with van der Waals surface area (Å²) in [4.78, 5) is 9.04. The molecular weight excluding hydrogens is 342 g/mol. The molecule has 0 aliphatic carbocycles. The molecule has 2 aliphatic heterocycles. The summed E-state index contributed by atoms with van der Waals surface area (Å²) in [6.45, 7) is 0.237. The first-order valence-corrected chi connectivity index (χ1v) is 7.99. The van der Waals surface area contributed by atoms with E-state index < -0.39 is 0 Å². The minimum atomic E-state index is 0.237. The first kappa shape index (κ1) is 12.3. The average molecular weight is 352 g/mol. The van der Waals surface area contributed by atoms with E-state index in [0.29, 0.717) is 17.4 Å². The summed E-state index contributed by atoms with van der Waals surface area (Å²) in [7, 11) is 0. The van der Waals surface area contributed by atoms with Gasteiger partial charge < -0.3 is 15.2 Å². The number of nitrogen functional groups attached to an aromatic ring is 1. The number of nitrogens with two attached hydrogens (primary N) is 1. The Morgan fingerprint density at radius 1 is 1.20 bits per heavy atom. The van der Waals surface area contributed by atoms with Gasteiger partial charge in [0, 0.05) is 22.6 Å². The predicted molar refractivity (Wildman–Crippen MR) is 80.7 cm³/mol. The van der Waals surface area contributed by atoms with Gasteiger partial charge in [0.05, 0.1) is 10.2 Å². The lowest BCUT2D eigenvalue weighted by molar-refractivity contribution is 0.173. The topological polar surface area (TPSA) is 70.3 Å². The van der Waals surface area contributed by atoms with Crippen LogP contribution in [0.15, 0.2) is 16.6 Å². The van der Waals surface area contributed by atoms with Crippen molar-refractivity contribution < 1.29 is 9.47 Å². The largest absolute Gasteiger partial charge is 0.454 e. The zero-order valence-electron chi connectivity index (χ0n) is 10.4. The lowest BCUT2D eigenvalue weighted by atomic mass is 10.1. The molecular formula is C13H10BrN3O2S. The summed E-state index contributed by atoms with van der Waals surface area (Å²) in [5.41, 5.74) is 9.00. The van der Waals surface area contributed by atoms with Crippen LogP contribution in [0, 0.1) is 0 Å². The van der Waals surface area contributed by atoms with E-state index in [-0.39, 0.29) is 6.79 Å². The van der Waals surface area contributed by atoms with E-state index in [4.69, 9.17) is 15.2 Å². The zero-order valence-corrected chi connectivity index (χ0v) is 12.8. The predicted octanol–water partition coefficient (Wildman–Crippen LogP) is 2.96. The summed E-state index contributed by atoms with van der Waals surface area (Å²) in [6, 6.07) is 3.81. The number of aromatic nitrogens is 2. The molecule has 5 nitrogen and oxygen atoms in total. The summed E-state index contributed by atoms with van der Waals surface area (Å²) in [6.07, 6.45) is 0. The van der Waals surface area contributed by atoms with Gasteiger partial charge in [0.25, 0.3) is 0 Å². The molecule has 102 valence electrons. The van der Waals surface area contributed by atoms with Crippen molar-refractivity contribution in [3.05, 3.63) is 27.9 Å². The highest BCUT2D eigenvalue weighted by Crippen LogP contribution is 2.42. The molecule has 0 saturated carbocycles. The molecule has 1 aromatic heterocycles. The fourth-order valence-electron chi connectivity index (χ4n) is 2.30. The minimum absolute atomic E-state index is 0.237. The van der Waals surface area contributed by atoms with Gasteiger partial charge in [-0.05, 0) is 28.1 Å². The van der Waals surface area contributed by atoms with E-state index in [1.807, 2.05) is 23.9 Å². The van der Waals surface area contributed by atoms with Gasteiger partial charge in [-0.2, -0.15) is 11.8 Å². The lowest BCUT2D eigenvalue weighted by Crippen LogP contribution is -2.02. The van der Waals surface area contributed by atoms with Crippen molar-refractivity contribution in [1.82, 2.24) is 9.97 Å². The zero-order chi connectivity index (χ0) is 13.7. The molecule has 0 saturated heterocycles. The normalized spacial score (nSPS) is 15.4. The fraction of sp³-hybridized carbons (Fsp3) is 0.231. The Morgan fingerprint density at radius 3 is 3.00 bits per heavy atom. The summed E-state index contributed by atoms with van der Waals surface area (Å²) >= 11 is 5.29. The molecule has 7 heteroatoms. The van der Waals surface area contributed by atoms with Crippen LogP contribution in [0.5, 0.6) is 11.5 Å². The number of fused-ring (bicyclic) bond motifs is 2. The van der Waals surface area contributed by atoms with Crippen LogP contribution in [0.3, 0.4) is 0 Å². The Hall–Kier alpha value is -1.47. The van der Waals surface area contributed by atoms with Gasteiger partial charge in [0.15, 0.2) is 17.3 Å². The van der Waals surface area contributed by atoms with Gasteiger partial charge in [0.2, 0.25) is 6.79 Å². The van der Waals surface area contributed by atoms with Crippen molar-refractivity contribution in [2.75, 3.05) is 12.5 Å². The number of hydrogen-bond acceptors (Lipinski definition) is 6. The van der Waals surface area contributed by atoms with Crippen LogP contribution >= 0.6 is 27.7 Å². The van der Waals surface area contributed by atoms with E-state index in [2.05, 4.69) is 25.9 Å². The molecule has 0 bridgehead atoms. The van der Waals surface area contributed by atoms with Crippen LogP contribution in [0.2, 0.25) is 0 Å². The van der Waals surface area contributed by atoms with Gasteiger partial charge in [-0.3, -0.25) is 0 Å². The first-order chi connectivity index (χ1) is 9.72. The Bertz CT molecular complexity index is 662. The van der Waals surface area contributed by atoms with E-state index in [0.717, 1.165) is 38.5 Å². The molecule has 0 unspecified atom stereocenters. The molecule has 0 radical (unpaired) electrons. The molecule has 3 heterocycles. The van der Waals surface area contributed by atoms with Gasteiger partial charge >= 0.3 is 0 Å². The molecule has 2 aliphatic rings. The Morgan fingerprint density at radius 2 is 2.10 bits per heavy atom. The van der Waals surface area contributed by atoms with Crippen LogP contribution in [0.25, 0.3) is 11.4 Å². The second-order valence-corrected chi connectivity index (χ2v) is 6.38. The molecule has 0 fully saturated rings. The molecule has 0 atom stereocenters. The van der Waals surface area contributed by atoms with Crippen molar-refractivity contribution in [2.45, 2.75) is 11.5 Å². The number of thioether (sulfide) groups is 1. The third kappa shape index (κ3) is 1.84. The lowest BCUT2D eigenvalue weighted by Gasteiger charge is -2.08. The van der Waals surface area contributed by atoms with Gasteiger partial charge in [-0.25, -0.2) is 9.97 Å². The maximum atomic E-state index is 6.03. The van der Waals surface area contributed by atoms with E-state index >= 15 is 0 Å². The first-order valence-electron chi connectivity index (χ1n) is 6.05. The standard InChI is InChI=1S/C13H10BrN3O2S/c14-8-1-6(2-10-11(8)19-5-18-10)13-16-9-4-20-3-7(9)12(15)17-13/h1-2H,3-5H2,(H2,15,16,17). The average Bonchev–Trinajstić information content (AvgIpc) is 3.06. The Labute approximate surface area is 128 Å². The van der Waals surface area contributed by atoms with Gasteiger partial charge in [-0.15, -0.1) is 0 Å². The highest BCUT2D eigenvalue weighted by atomic mass is 79.9. The Balaban J connectivity index is 1.86. The van der Waals surface area contributed by atoms with Crippen LogP contribution in [-0.4, -0.2) is 16.8 Å². The number of nitrogens with zero attached hydrogens (tertiary/aromatic N) is 2. The third-order valence-corrected chi connectivity index (χ3v) is 4.85. The van der Waals surface area contributed by atoms with Crippen molar-refractivity contribution in [1.29, 1.82) is 0 Å². The van der Waals surface area contributed by atoms with Crippen molar-refractivity contribution in [3.8, 4) is 22.9 Å². The fourth-order valence-corrected chi connectivity index (χ4v) is 3.91. The molecule has 0 spiro atoms. The SMILES string of the molecule is Nc1nc(-c2cc(Br)c3c(c2)OCO3)nc2c1CSC2. The van der Waals surface area contributed by atoms with Crippen LogP contribution in [0.4, 0.5) is 5.82 Å². The highest BCUT2D eigenvalue weighted by molar-refractivity contribution is 9.10. The molecule has 4 rings (SSSR count). The van der Waals surface area contributed by atoms with Crippen molar-refractivity contribution in [2.24, 2.45) is 0 Å². The number of halogens is 1. The number of rotatable bonds is 1. The maximum Gasteiger partial charge on any atom is 0.231 e. The summed E-state index contributed by atoms with van der Waals surface area (Å²) < 4.78 is 11.6. The van der Waals surface area contributed by atoms with Gasteiger partial charge in [-0.1, -0.05) is 0 Å². The van der Waals surface area contributed by atoms with Crippen molar-refractivity contribution in [3.63, 3.8) is 0 Å². The number of benzene rings is 1. The third-order valence-electron chi connectivity index (χ3n) is 3.30. The van der Waals surface area contributed by atoms with E-state index in [9.17, 15) is 0 Å². The molecule has 2 aromatic rings. The monoisotopic (exact) mass is 351 g/mol.